The van der Waals surface area contributed by atoms with Gasteiger partial charge in [-0.2, -0.15) is 0 Å². The molecule has 52 heavy (non-hydrogen) atoms. The van der Waals surface area contributed by atoms with E-state index in [9.17, 15) is 19.2 Å². The van der Waals surface area contributed by atoms with Gasteiger partial charge in [0.25, 0.3) is 11.8 Å². The molecule has 5 aliphatic rings. The Balaban J connectivity index is 0.831. The smallest absolute Gasteiger partial charge is 0.271 e. The third-order valence-corrected chi connectivity index (χ3v) is 11.9. The van der Waals surface area contributed by atoms with Crippen LogP contribution in [-0.2, 0) is 22.7 Å². The van der Waals surface area contributed by atoms with Crippen molar-refractivity contribution in [2.75, 3.05) is 54.4 Å². The highest BCUT2D eigenvalue weighted by Gasteiger charge is 2.40. The summed E-state index contributed by atoms with van der Waals surface area (Å²) in [6.07, 6.45) is 10.4. The van der Waals surface area contributed by atoms with Crippen molar-refractivity contribution < 1.29 is 19.2 Å². The molecule has 272 valence electrons. The van der Waals surface area contributed by atoms with E-state index in [4.69, 9.17) is 10.7 Å². The average molecular weight is 706 g/mol. The van der Waals surface area contributed by atoms with Gasteiger partial charge in [-0.15, -0.1) is 0 Å². The Labute approximate surface area is 303 Å². The lowest BCUT2D eigenvalue weighted by Gasteiger charge is -2.47. The number of nitrogens with two attached hydrogens (primary N) is 1. The predicted molar refractivity (Wildman–Crippen MR) is 197 cm³/mol. The fourth-order valence-electron chi connectivity index (χ4n) is 8.72. The number of rotatable bonds is 8. The van der Waals surface area contributed by atoms with E-state index in [1.165, 1.54) is 43.4 Å². The van der Waals surface area contributed by atoms with E-state index in [2.05, 4.69) is 48.5 Å². The molecule has 2 aromatic carbocycles. The molecule has 1 spiro atoms. The number of carbonyl (C=O) groups is 4. The van der Waals surface area contributed by atoms with Gasteiger partial charge in [-0.1, -0.05) is 12.1 Å². The Morgan fingerprint density at radius 3 is 2.35 bits per heavy atom. The molecular weight excluding hydrogens is 658 g/mol. The van der Waals surface area contributed by atoms with Crippen LogP contribution < -0.4 is 26.2 Å². The van der Waals surface area contributed by atoms with Crippen molar-refractivity contribution >= 4 is 46.6 Å². The second kappa shape index (κ2) is 14.2. The SMILES string of the molecule is NC(=O)c1ncc(N2CCCCC2)nc1Nc1ccc(N2CCC3(CCN(Cc4ccc5c(c4)CN(C4CCC(=O)NC4=O)C5=O)CC3)CC2)cc1. The highest BCUT2D eigenvalue weighted by Crippen LogP contribution is 2.42. The maximum atomic E-state index is 13.1. The van der Waals surface area contributed by atoms with Crippen molar-refractivity contribution in [3.05, 3.63) is 71.0 Å². The number of nitrogens with zero attached hydrogens (tertiary/aromatic N) is 6. The number of piperidine rings is 4. The minimum Gasteiger partial charge on any atom is -0.371 e. The maximum absolute atomic E-state index is 13.1. The van der Waals surface area contributed by atoms with Gasteiger partial charge in [0, 0.05) is 62.6 Å². The van der Waals surface area contributed by atoms with Crippen LogP contribution in [0.25, 0.3) is 0 Å². The summed E-state index contributed by atoms with van der Waals surface area (Å²) in [7, 11) is 0. The van der Waals surface area contributed by atoms with Crippen molar-refractivity contribution in [1.29, 1.82) is 0 Å². The van der Waals surface area contributed by atoms with Crippen LogP contribution in [-0.4, -0.2) is 88.7 Å². The number of hydrogen-bond acceptors (Lipinski definition) is 10. The highest BCUT2D eigenvalue weighted by molar-refractivity contribution is 6.05. The van der Waals surface area contributed by atoms with E-state index in [-0.39, 0.29) is 29.8 Å². The Morgan fingerprint density at radius 2 is 1.63 bits per heavy atom. The first kappa shape index (κ1) is 34.1. The number of carbonyl (C=O) groups excluding carboxylic acids is 4. The molecule has 1 atom stereocenters. The summed E-state index contributed by atoms with van der Waals surface area (Å²) in [6, 6.07) is 13.8. The van der Waals surface area contributed by atoms with Crippen LogP contribution in [0, 0.1) is 5.41 Å². The standard InChI is InChI=1S/C39H47N9O4/c40-35(50)34-36(43-32(23-41-34)47-16-2-1-3-17-47)42-28-5-7-29(8-6-28)46-20-14-39(15-21-46)12-18-45(19-13-39)24-26-4-9-30-27(22-26)25-48(38(30)52)31-10-11-33(49)44-37(31)51/h4-9,22-23,31H,1-3,10-21,24-25H2,(H2,40,50)(H,42,43)(H,44,49,51). The summed E-state index contributed by atoms with van der Waals surface area (Å²) in [6.45, 7) is 7.26. The molecule has 3 aromatic rings. The van der Waals surface area contributed by atoms with Gasteiger partial charge in [-0.3, -0.25) is 29.4 Å². The summed E-state index contributed by atoms with van der Waals surface area (Å²) < 4.78 is 0. The number of imide groups is 1. The Hall–Kier alpha value is -5.04. The second-order valence-electron chi connectivity index (χ2n) is 15.2. The topological polar surface area (TPSA) is 157 Å². The molecule has 0 bridgehead atoms. The fraction of sp³-hybridized carbons (Fsp3) is 0.487. The van der Waals surface area contributed by atoms with Gasteiger partial charge in [0.15, 0.2) is 11.5 Å². The molecule has 8 rings (SSSR count). The quantitative estimate of drug-likeness (QED) is 0.293. The van der Waals surface area contributed by atoms with E-state index in [1.807, 2.05) is 24.3 Å². The van der Waals surface area contributed by atoms with Crippen LogP contribution in [0.2, 0.25) is 0 Å². The molecule has 0 saturated carbocycles. The first-order chi connectivity index (χ1) is 25.2. The van der Waals surface area contributed by atoms with Crippen LogP contribution in [0.1, 0.15) is 89.8 Å². The summed E-state index contributed by atoms with van der Waals surface area (Å²) in [5.41, 5.74) is 11.0. The van der Waals surface area contributed by atoms with Crippen molar-refractivity contribution in [1.82, 2.24) is 25.1 Å². The molecule has 4 amide bonds. The number of nitrogens with one attached hydrogen (secondary N) is 2. The number of hydrogen-bond donors (Lipinski definition) is 3. The number of amides is 4. The van der Waals surface area contributed by atoms with Gasteiger partial charge in [-0.25, -0.2) is 9.97 Å². The summed E-state index contributed by atoms with van der Waals surface area (Å²) in [4.78, 5) is 67.2. The summed E-state index contributed by atoms with van der Waals surface area (Å²) >= 11 is 0. The first-order valence-corrected chi connectivity index (χ1v) is 18.8. The molecule has 4 fully saturated rings. The van der Waals surface area contributed by atoms with Crippen LogP contribution in [0.3, 0.4) is 0 Å². The largest absolute Gasteiger partial charge is 0.371 e. The Bertz CT molecular complexity index is 1860. The zero-order chi connectivity index (χ0) is 35.8. The molecule has 4 saturated heterocycles. The van der Waals surface area contributed by atoms with E-state index in [0.29, 0.717) is 29.8 Å². The third-order valence-electron chi connectivity index (χ3n) is 11.9. The van der Waals surface area contributed by atoms with Crippen molar-refractivity contribution in [2.45, 2.75) is 76.9 Å². The van der Waals surface area contributed by atoms with Gasteiger partial charge in [0.05, 0.1) is 6.20 Å². The molecule has 4 N–H and O–H groups in total. The lowest BCUT2D eigenvalue weighted by atomic mass is 9.71. The van der Waals surface area contributed by atoms with Crippen LogP contribution in [0.5, 0.6) is 0 Å². The molecule has 0 radical (unpaired) electrons. The minimum atomic E-state index is -0.606. The molecule has 6 heterocycles. The zero-order valence-corrected chi connectivity index (χ0v) is 29.6. The number of fused-ring (bicyclic) bond motifs is 1. The van der Waals surface area contributed by atoms with Gasteiger partial charge in [-0.05, 0) is 111 Å². The fourth-order valence-corrected chi connectivity index (χ4v) is 8.72. The predicted octanol–water partition coefficient (Wildman–Crippen LogP) is 3.95. The van der Waals surface area contributed by atoms with Gasteiger partial charge < -0.3 is 25.8 Å². The van der Waals surface area contributed by atoms with Crippen molar-refractivity contribution in [3.63, 3.8) is 0 Å². The van der Waals surface area contributed by atoms with E-state index in [1.54, 1.807) is 11.1 Å². The molecule has 1 aromatic heterocycles. The first-order valence-electron chi connectivity index (χ1n) is 18.8. The average Bonchev–Trinajstić information content (AvgIpc) is 3.48. The van der Waals surface area contributed by atoms with Crippen molar-refractivity contribution in [2.24, 2.45) is 11.1 Å². The Morgan fingerprint density at radius 1 is 0.904 bits per heavy atom. The molecule has 1 unspecified atom stereocenters. The van der Waals surface area contributed by atoms with E-state index < -0.39 is 11.9 Å². The van der Waals surface area contributed by atoms with Crippen LogP contribution in [0.15, 0.2) is 48.7 Å². The maximum Gasteiger partial charge on any atom is 0.271 e. The number of primary amides is 1. The minimum absolute atomic E-state index is 0.127. The molecule has 5 aliphatic heterocycles. The lowest BCUT2D eigenvalue weighted by Crippen LogP contribution is -2.52. The monoisotopic (exact) mass is 705 g/mol. The molecule has 0 aliphatic carbocycles. The van der Waals surface area contributed by atoms with Gasteiger partial charge in [0.2, 0.25) is 11.8 Å². The normalized spacial score (nSPS) is 22.0. The number of likely N-dealkylation sites (tertiary alicyclic amines) is 1. The second-order valence-corrected chi connectivity index (χ2v) is 15.2. The van der Waals surface area contributed by atoms with E-state index in [0.717, 1.165) is 75.7 Å². The number of aromatic nitrogens is 2. The van der Waals surface area contributed by atoms with Crippen molar-refractivity contribution in [3.8, 4) is 0 Å². The number of anilines is 4. The van der Waals surface area contributed by atoms with Crippen LogP contribution in [0.4, 0.5) is 23.0 Å². The Kier molecular flexibility index (Phi) is 9.29. The lowest BCUT2D eigenvalue weighted by molar-refractivity contribution is -0.136. The van der Waals surface area contributed by atoms with Gasteiger partial charge in [0.1, 0.15) is 11.9 Å². The van der Waals surface area contributed by atoms with Gasteiger partial charge >= 0.3 is 0 Å². The van der Waals surface area contributed by atoms with Crippen LogP contribution >= 0.6 is 0 Å². The zero-order valence-electron chi connectivity index (χ0n) is 29.6. The molecule has 13 heteroatoms. The molecular formula is C39H47N9O4. The summed E-state index contributed by atoms with van der Waals surface area (Å²) in [5.74, 6) is -0.235. The summed E-state index contributed by atoms with van der Waals surface area (Å²) in [5, 5.41) is 5.68. The highest BCUT2D eigenvalue weighted by atomic mass is 16.2. The number of benzene rings is 2. The third kappa shape index (κ3) is 6.93. The molecule has 13 nitrogen and oxygen atoms in total. The van der Waals surface area contributed by atoms with E-state index >= 15 is 0 Å².